The van der Waals surface area contributed by atoms with E-state index < -0.39 is 29.4 Å². The summed E-state index contributed by atoms with van der Waals surface area (Å²) in [6.07, 6.45) is -5.18. The van der Waals surface area contributed by atoms with Gasteiger partial charge in [0.1, 0.15) is 18.0 Å². The van der Waals surface area contributed by atoms with E-state index in [0.29, 0.717) is 24.5 Å². The van der Waals surface area contributed by atoms with Crippen LogP contribution in [0.4, 0.5) is 13.2 Å². The molecule has 1 atom stereocenters. The minimum absolute atomic E-state index is 0.126. The van der Waals surface area contributed by atoms with E-state index in [4.69, 9.17) is 18.9 Å². The molecule has 1 unspecified atom stereocenters. The summed E-state index contributed by atoms with van der Waals surface area (Å²) in [6.45, 7) is 4.50. The van der Waals surface area contributed by atoms with Crippen molar-refractivity contribution in [2.45, 2.75) is 38.3 Å². The average molecular weight is 501 g/mol. The Kier molecular flexibility index (Phi) is 7.66. The van der Waals surface area contributed by atoms with Gasteiger partial charge in [0.15, 0.2) is 6.10 Å². The van der Waals surface area contributed by atoms with Crippen molar-refractivity contribution in [3.05, 3.63) is 89.5 Å². The highest BCUT2D eigenvalue weighted by molar-refractivity contribution is 5.74. The second-order valence-electron chi connectivity index (χ2n) is 8.56. The maximum absolute atomic E-state index is 13.4. The van der Waals surface area contributed by atoms with Crippen LogP contribution in [0.2, 0.25) is 0 Å². The topological polar surface area (TPSA) is 54.0 Å². The average Bonchev–Trinajstić information content (AvgIpc) is 2.85. The standard InChI is InChI=1S/C28H27F3O5/c1-3-34-26(32)19(2)36-27(17-33-18-27)22-11-13-23(14-12-22)35-16-20-7-6-8-21(15-20)24-9-4-5-10-25(24)28(29,30)31/h4-15,19H,3,16-18H2,1-2H3. The second kappa shape index (κ2) is 10.7. The number of rotatable bonds is 9. The van der Waals surface area contributed by atoms with Crippen molar-refractivity contribution in [1.82, 2.24) is 0 Å². The van der Waals surface area contributed by atoms with Crippen LogP contribution < -0.4 is 4.74 Å². The molecule has 4 rings (SSSR count). The minimum Gasteiger partial charge on any atom is -0.489 e. The molecule has 3 aromatic rings. The zero-order valence-corrected chi connectivity index (χ0v) is 20.0. The summed E-state index contributed by atoms with van der Waals surface area (Å²) in [4.78, 5) is 12.0. The molecule has 1 fully saturated rings. The van der Waals surface area contributed by atoms with Gasteiger partial charge in [-0.25, -0.2) is 4.79 Å². The largest absolute Gasteiger partial charge is 0.489 e. The van der Waals surface area contributed by atoms with E-state index in [1.165, 1.54) is 12.1 Å². The van der Waals surface area contributed by atoms with Crippen molar-refractivity contribution in [1.29, 1.82) is 0 Å². The smallest absolute Gasteiger partial charge is 0.417 e. The fourth-order valence-electron chi connectivity index (χ4n) is 4.07. The van der Waals surface area contributed by atoms with Crippen molar-refractivity contribution >= 4 is 5.97 Å². The third-order valence-electron chi connectivity index (χ3n) is 5.95. The Morgan fingerprint density at radius 3 is 2.39 bits per heavy atom. The number of halogens is 3. The van der Waals surface area contributed by atoms with Crippen molar-refractivity contribution in [2.24, 2.45) is 0 Å². The summed E-state index contributed by atoms with van der Waals surface area (Å²) >= 11 is 0. The van der Waals surface area contributed by atoms with Crippen molar-refractivity contribution < 1.29 is 36.9 Å². The number of carbonyl (C=O) groups excluding carboxylic acids is 1. The van der Waals surface area contributed by atoms with Gasteiger partial charge in [-0.2, -0.15) is 13.2 Å². The molecule has 0 radical (unpaired) electrons. The molecule has 1 heterocycles. The Balaban J connectivity index is 1.43. The highest BCUT2D eigenvalue weighted by Gasteiger charge is 2.44. The SMILES string of the molecule is CCOC(=O)C(C)OC1(c2ccc(OCc3cccc(-c4ccccc4C(F)(F)F)c3)cc2)COC1. The zero-order valence-electron chi connectivity index (χ0n) is 20.0. The zero-order chi connectivity index (χ0) is 25.8. The fourth-order valence-corrected chi connectivity index (χ4v) is 4.07. The fraction of sp³-hybridized carbons (Fsp3) is 0.321. The number of esters is 1. The molecule has 3 aromatic carbocycles. The third-order valence-corrected chi connectivity index (χ3v) is 5.95. The Bertz CT molecular complexity index is 1190. The number of carbonyl (C=O) groups is 1. The van der Waals surface area contributed by atoms with Crippen LogP contribution in [0.5, 0.6) is 5.75 Å². The van der Waals surface area contributed by atoms with E-state index in [1.54, 1.807) is 56.3 Å². The van der Waals surface area contributed by atoms with Gasteiger partial charge in [0, 0.05) is 0 Å². The lowest BCUT2D eigenvalue weighted by atomic mass is 9.91. The molecular formula is C28H27F3O5. The van der Waals surface area contributed by atoms with Gasteiger partial charge >= 0.3 is 12.1 Å². The molecule has 0 saturated carbocycles. The first kappa shape index (κ1) is 25.7. The molecule has 36 heavy (non-hydrogen) atoms. The number of benzene rings is 3. The molecule has 0 N–H and O–H groups in total. The van der Waals surface area contributed by atoms with Crippen LogP contribution in [-0.4, -0.2) is 31.9 Å². The van der Waals surface area contributed by atoms with E-state index >= 15 is 0 Å². The van der Waals surface area contributed by atoms with Crippen LogP contribution in [0.25, 0.3) is 11.1 Å². The minimum atomic E-state index is -4.44. The van der Waals surface area contributed by atoms with E-state index in [1.807, 2.05) is 12.1 Å². The Morgan fingerprint density at radius 2 is 1.75 bits per heavy atom. The van der Waals surface area contributed by atoms with E-state index in [2.05, 4.69) is 0 Å². The van der Waals surface area contributed by atoms with E-state index in [9.17, 15) is 18.0 Å². The molecule has 8 heteroatoms. The van der Waals surface area contributed by atoms with Crippen LogP contribution in [0.1, 0.15) is 30.5 Å². The van der Waals surface area contributed by atoms with Crippen molar-refractivity contribution in [3.63, 3.8) is 0 Å². The van der Waals surface area contributed by atoms with Crippen LogP contribution in [-0.2, 0) is 37.4 Å². The first-order valence-corrected chi connectivity index (χ1v) is 11.6. The molecule has 5 nitrogen and oxygen atoms in total. The molecule has 0 spiro atoms. The summed E-state index contributed by atoms with van der Waals surface area (Å²) in [6, 6.07) is 19.7. The Labute approximate surface area is 207 Å². The molecule has 0 amide bonds. The summed E-state index contributed by atoms with van der Waals surface area (Å²) in [7, 11) is 0. The lowest BCUT2D eigenvalue weighted by Gasteiger charge is -2.42. The molecule has 0 bridgehead atoms. The van der Waals surface area contributed by atoms with E-state index in [-0.39, 0.29) is 18.8 Å². The number of ether oxygens (including phenoxy) is 4. The second-order valence-corrected chi connectivity index (χ2v) is 8.56. The van der Waals surface area contributed by atoms with Gasteiger partial charge in [-0.15, -0.1) is 0 Å². The summed E-state index contributed by atoms with van der Waals surface area (Å²) in [5.74, 6) is 0.164. The molecule has 1 aliphatic heterocycles. The highest BCUT2D eigenvalue weighted by atomic mass is 19.4. The molecule has 1 saturated heterocycles. The van der Waals surface area contributed by atoms with Gasteiger partial charge in [0.05, 0.1) is 25.4 Å². The third kappa shape index (κ3) is 5.71. The lowest BCUT2D eigenvalue weighted by Crippen LogP contribution is -2.51. The summed E-state index contributed by atoms with van der Waals surface area (Å²) in [5, 5.41) is 0. The summed E-state index contributed by atoms with van der Waals surface area (Å²) in [5.41, 5.74) is 0.782. The van der Waals surface area contributed by atoms with Gasteiger partial charge < -0.3 is 18.9 Å². The molecule has 190 valence electrons. The molecular weight excluding hydrogens is 473 g/mol. The molecule has 0 aromatic heterocycles. The molecule has 0 aliphatic carbocycles. The van der Waals surface area contributed by atoms with Gasteiger partial charge in [0.2, 0.25) is 0 Å². The lowest BCUT2D eigenvalue weighted by molar-refractivity contribution is -0.239. The summed E-state index contributed by atoms with van der Waals surface area (Å²) < 4.78 is 62.6. The van der Waals surface area contributed by atoms with Crippen molar-refractivity contribution in [2.75, 3.05) is 19.8 Å². The number of hydrogen-bond donors (Lipinski definition) is 0. The van der Waals surface area contributed by atoms with E-state index in [0.717, 1.165) is 17.2 Å². The number of hydrogen-bond acceptors (Lipinski definition) is 5. The molecule has 1 aliphatic rings. The predicted molar refractivity (Wildman–Crippen MR) is 127 cm³/mol. The maximum atomic E-state index is 13.4. The Hall–Kier alpha value is -3.36. The van der Waals surface area contributed by atoms with Crippen LogP contribution in [0, 0.1) is 0 Å². The van der Waals surface area contributed by atoms with Crippen LogP contribution in [0.3, 0.4) is 0 Å². The van der Waals surface area contributed by atoms with Gasteiger partial charge in [-0.1, -0.05) is 48.5 Å². The van der Waals surface area contributed by atoms with Crippen molar-refractivity contribution in [3.8, 4) is 16.9 Å². The monoisotopic (exact) mass is 500 g/mol. The normalized spacial score (nSPS) is 15.6. The van der Waals surface area contributed by atoms with Crippen LogP contribution >= 0.6 is 0 Å². The first-order valence-electron chi connectivity index (χ1n) is 11.6. The van der Waals surface area contributed by atoms with Gasteiger partial charge in [-0.3, -0.25) is 0 Å². The van der Waals surface area contributed by atoms with Gasteiger partial charge in [0.25, 0.3) is 0 Å². The Morgan fingerprint density at radius 1 is 1.03 bits per heavy atom. The number of alkyl halides is 3. The maximum Gasteiger partial charge on any atom is 0.417 e. The van der Waals surface area contributed by atoms with Crippen LogP contribution in [0.15, 0.2) is 72.8 Å². The first-order chi connectivity index (χ1) is 17.2. The van der Waals surface area contributed by atoms with Gasteiger partial charge in [-0.05, 0) is 60.4 Å². The highest BCUT2D eigenvalue weighted by Crippen LogP contribution is 2.38. The quantitative estimate of drug-likeness (QED) is 0.330. The predicted octanol–water partition coefficient (Wildman–Crippen LogP) is 6.15.